The third-order valence-corrected chi connectivity index (χ3v) is 3.82. The molecule has 0 aliphatic carbocycles. The molecule has 3 heterocycles. The average molecular weight is 275 g/mol. The minimum atomic E-state index is 0.459. The molecule has 108 valence electrons. The number of nitrogens with zero attached hydrogens (tertiary/aromatic N) is 5. The first-order valence-corrected chi connectivity index (χ1v) is 7.22. The van der Waals surface area contributed by atoms with Gasteiger partial charge in [0.1, 0.15) is 0 Å². The SMILES string of the molecule is CCc1nc(CN2CC[C@H](n3nc(C)cc3C)C2)no1. The number of hydrogen-bond acceptors (Lipinski definition) is 5. The average Bonchev–Trinajstić information content (AvgIpc) is 3.11. The Morgan fingerprint density at radius 2 is 2.25 bits per heavy atom. The van der Waals surface area contributed by atoms with Crippen LogP contribution in [0.1, 0.15) is 42.5 Å². The summed E-state index contributed by atoms with van der Waals surface area (Å²) in [7, 11) is 0. The molecule has 1 aliphatic rings. The Bertz CT molecular complexity index is 588. The van der Waals surface area contributed by atoms with E-state index < -0.39 is 0 Å². The van der Waals surface area contributed by atoms with Crippen LogP contribution in [0.2, 0.25) is 0 Å². The van der Waals surface area contributed by atoms with E-state index >= 15 is 0 Å². The number of likely N-dealkylation sites (tertiary alicyclic amines) is 1. The van der Waals surface area contributed by atoms with E-state index in [-0.39, 0.29) is 0 Å². The molecule has 6 heteroatoms. The third-order valence-electron chi connectivity index (χ3n) is 3.82. The van der Waals surface area contributed by atoms with Crippen molar-refractivity contribution in [3.05, 3.63) is 29.2 Å². The summed E-state index contributed by atoms with van der Waals surface area (Å²) in [4.78, 5) is 6.74. The Labute approximate surface area is 118 Å². The summed E-state index contributed by atoms with van der Waals surface area (Å²) in [6, 6.07) is 2.59. The second kappa shape index (κ2) is 5.36. The lowest BCUT2D eigenvalue weighted by Gasteiger charge is -2.15. The minimum Gasteiger partial charge on any atom is -0.339 e. The standard InChI is InChI=1S/C14H21N5O/c1-4-14-15-13(17-20-14)9-18-6-5-12(8-18)19-11(3)7-10(2)16-19/h7,12H,4-6,8-9H2,1-3H3/t12-/m0/s1. The first-order chi connectivity index (χ1) is 9.65. The van der Waals surface area contributed by atoms with E-state index in [1.54, 1.807) is 0 Å². The van der Waals surface area contributed by atoms with Crippen molar-refractivity contribution >= 4 is 0 Å². The predicted octanol–water partition coefficient (Wildman–Crippen LogP) is 1.89. The summed E-state index contributed by atoms with van der Waals surface area (Å²) < 4.78 is 7.31. The van der Waals surface area contributed by atoms with Crippen molar-refractivity contribution in [3.8, 4) is 0 Å². The van der Waals surface area contributed by atoms with Crippen LogP contribution in [0, 0.1) is 13.8 Å². The van der Waals surface area contributed by atoms with Crippen LogP contribution < -0.4 is 0 Å². The topological polar surface area (TPSA) is 60.0 Å². The molecule has 1 atom stereocenters. The van der Waals surface area contributed by atoms with Crippen molar-refractivity contribution < 1.29 is 4.52 Å². The zero-order chi connectivity index (χ0) is 14.1. The highest BCUT2D eigenvalue weighted by molar-refractivity contribution is 5.08. The summed E-state index contributed by atoms with van der Waals surface area (Å²) in [5.74, 6) is 1.50. The lowest BCUT2D eigenvalue weighted by molar-refractivity contribution is 0.294. The van der Waals surface area contributed by atoms with Gasteiger partial charge in [-0.15, -0.1) is 0 Å². The van der Waals surface area contributed by atoms with Crippen LogP contribution in [-0.2, 0) is 13.0 Å². The molecule has 1 fully saturated rings. The number of hydrogen-bond donors (Lipinski definition) is 0. The molecule has 1 aliphatic heterocycles. The molecule has 2 aromatic rings. The molecule has 20 heavy (non-hydrogen) atoms. The molecule has 0 N–H and O–H groups in total. The molecule has 0 radical (unpaired) electrons. The highest BCUT2D eigenvalue weighted by Crippen LogP contribution is 2.23. The zero-order valence-electron chi connectivity index (χ0n) is 12.3. The smallest absolute Gasteiger partial charge is 0.226 e. The maximum atomic E-state index is 5.15. The van der Waals surface area contributed by atoms with Crippen molar-refractivity contribution in [2.45, 2.75) is 46.2 Å². The van der Waals surface area contributed by atoms with Crippen molar-refractivity contribution in [2.75, 3.05) is 13.1 Å². The first-order valence-electron chi connectivity index (χ1n) is 7.22. The fourth-order valence-corrected chi connectivity index (χ4v) is 2.87. The molecule has 0 aromatic carbocycles. The van der Waals surface area contributed by atoms with Crippen molar-refractivity contribution in [1.29, 1.82) is 0 Å². The van der Waals surface area contributed by atoms with Crippen molar-refractivity contribution in [3.63, 3.8) is 0 Å². The fourth-order valence-electron chi connectivity index (χ4n) is 2.87. The quantitative estimate of drug-likeness (QED) is 0.852. The molecule has 0 amide bonds. The van der Waals surface area contributed by atoms with Gasteiger partial charge in [-0.1, -0.05) is 12.1 Å². The van der Waals surface area contributed by atoms with Crippen LogP contribution in [0.3, 0.4) is 0 Å². The van der Waals surface area contributed by atoms with Gasteiger partial charge in [-0.3, -0.25) is 9.58 Å². The lowest BCUT2D eigenvalue weighted by Crippen LogP contribution is -2.22. The lowest BCUT2D eigenvalue weighted by atomic mass is 10.2. The van der Waals surface area contributed by atoms with E-state index in [0.29, 0.717) is 11.9 Å². The Morgan fingerprint density at radius 3 is 2.90 bits per heavy atom. The van der Waals surface area contributed by atoms with E-state index in [1.165, 1.54) is 5.69 Å². The molecule has 0 spiro atoms. The van der Waals surface area contributed by atoms with Gasteiger partial charge in [-0.2, -0.15) is 10.1 Å². The maximum Gasteiger partial charge on any atom is 0.226 e. The summed E-state index contributed by atoms with van der Waals surface area (Å²) in [6.45, 7) is 9.00. The van der Waals surface area contributed by atoms with Gasteiger partial charge in [0.05, 0.1) is 18.3 Å². The van der Waals surface area contributed by atoms with E-state index in [4.69, 9.17) is 4.52 Å². The molecule has 0 unspecified atom stereocenters. The van der Waals surface area contributed by atoms with E-state index in [0.717, 1.165) is 44.0 Å². The van der Waals surface area contributed by atoms with Gasteiger partial charge in [-0.25, -0.2) is 0 Å². The highest BCUT2D eigenvalue weighted by Gasteiger charge is 2.26. The van der Waals surface area contributed by atoms with Gasteiger partial charge in [0.2, 0.25) is 5.89 Å². The van der Waals surface area contributed by atoms with Crippen LogP contribution in [0.4, 0.5) is 0 Å². The van der Waals surface area contributed by atoms with Gasteiger partial charge in [0.25, 0.3) is 0 Å². The minimum absolute atomic E-state index is 0.459. The van der Waals surface area contributed by atoms with E-state index in [9.17, 15) is 0 Å². The summed E-state index contributed by atoms with van der Waals surface area (Å²) in [5.41, 5.74) is 2.33. The highest BCUT2D eigenvalue weighted by atomic mass is 16.5. The van der Waals surface area contributed by atoms with Crippen LogP contribution in [0.25, 0.3) is 0 Å². The molecule has 6 nitrogen and oxygen atoms in total. The van der Waals surface area contributed by atoms with Gasteiger partial charge in [0.15, 0.2) is 5.82 Å². The second-order valence-corrected chi connectivity index (χ2v) is 5.51. The molecule has 1 saturated heterocycles. The molecule has 0 bridgehead atoms. The van der Waals surface area contributed by atoms with Gasteiger partial charge in [0, 0.05) is 25.2 Å². The van der Waals surface area contributed by atoms with Crippen LogP contribution in [-0.4, -0.2) is 37.9 Å². The number of aromatic nitrogens is 4. The molecule has 3 rings (SSSR count). The van der Waals surface area contributed by atoms with Crippen LogP contribution in [0.5, 0.6) is 0 Å². The molecule has 2 aromatic heterocycles. The molecular weight excluding hydrogens is 254 g/mol. The summed E-state index contributed by atoms with van der Waals surface area (Å²) in [5, 5.41) is 8.61. The van der Waals surface area contributed by atoms with Crippen LogP contribution in [0.15, 0.2) is 10.6 Å². The number of rotatable bonds is 4. The zero-order valence-corrected chi connectivity index (χ0v) is 12.3. The van der Waals surface area contributed by atoms with Crippen LogP contribution >= 0.6 is 0 Å². The van der Waals surface area contributed by atoms with Gasteiger partial charge >= 0.3 is 0 Å². The predicted molar refractivity (Wildman–Crippen MR) is 74.3 cm³/mol. The van der Waals surface area contributed by atoms with Gasteiger partial charge in [-0.05, 0) is 26.3 Å². The first kappa shape index (κ1) is 13.3. The third kappa shape index (κ3) is 2.60. The Balaban J connectivity index is 1.63. The molecule has 0 saturated carbocycles. The van der Waals surface area contributed by atoms with E-state index in [2.05, 4.69) is 37.8 Å². The van der Waals surface area contributed by atoms with E-state index in [1.807, 2.05) is 13.8 Å². The Morgan fingerprint density at radius 1 is 1.40 bits per heavy atom. The summed E-state index contributed by atoms with van der Waals surface area (Å²) >= 11 is 0. The maximum absolute atomic E-state index is 5.15. The largest absolute Gasteiger partial charge is 0.339 e. The van der Waals surface area contributed by atoms with Crippen molar-refractivity contribution in [1.82, 2.24) is 24.8 Å². The normalized spacial score (nSPS) is 19.9. The summed E-state index contributed by atoms with van der Waals surface area (Å²) in [6.07, 6.45) is 1.92. The number of aryl methyl sites for hydroxylation is 3. The van der Waals surface area contributed by atoms with Crippen molar-refractivity contribution in [2.24, 2.45) is 0 Å². The Kier molecular flexibility index (Phi) is 3.56. The fraction of sp³-hybridized carbons (Fsp3) is 0.643. The van der Waals surface area contributed by atoms with Gasteiger partial charge < -0.3 is 4.52 Å². The molecular formula is C14H21N5O. The monoisotopic (exact) mass is 275 g/mol. The Hall–Kier alpha value is -1.69. The second-order valence-electron chi connectivity index (χ2n) is 5.51.